The second kappa shape index (κ2) is 9.35. The van der Waals surface area contributed by atoms with E-state index in [9.17, 15) is 9.59 Å². The van der Waals surface area contributed by atoms with Crippen LogP contribution in [0.3, 0.4) is 0 Å². The summed E-state index contributed by atoms with van der Waals surface area (Å²) in [5.41, 5.74) is 4.15. The van der Waals surface area contributed by atoms with Gasteiger partial charge in [0.2, 0.25) is 11.1 Å². The largest absolute Gasteiger partial charge is 0.325 e. The Kier molecular flexibility index (Phi) is 6.36. The summed E-state index contributed by atoms with van der Waals surface area (Å²) in [5, 5.41) is 15.8. The third-order valence-corrected chi connectivity index (χ3v) is 5.93. The Morgan fingerprint density at radius 1 is 1.09 bits per heavy atom. The van der Waals surface area contributed by atoms with Gasteiger partial charge in [-0.15, -0.1) is 10.2 Å². The van der Waals surface area contributed by atoms with E-state index < -0.39 is 0 Å². The smallest absolute Gasteiger partial charge is 0.274 e. The number of benzene rings is 2. The summed E-state index contributed by atoms with van der Waals surface area (Å²) in [6, 6.07) is 15.8. The quantitative estimate of drug-likeness (QED) is 0.419. The molecule has 0 radical (unpaired) electrons. The number of nitrogens with one attached hydrogen (secondary N) is 2. The molecule has 0 fully saturated rings. The molecule has 8 nitrogen and oxygen atoms in total. The van der Waals surface area contributed by atoms with Crippen LogP contribution in [-0.4, -0.2) is 36.5 Å². The monoisotopic (exact) mass is 448 g/mol. The number of anilines is 1. The molecule has 1 amide bonds. The first-order valence-electron chi connectivity index (χ1n) is 10.3. The molecule has 4 aromatic rings. The molecule has 0 unspecified atom stereocenters. The van der Waals surface area contributed by atoms with E-state index in [4.69, 9.17) is 0 Å². The summed E-state index contributed by atoms with van der Waals surface area (Å²) in [4.78, 5) is 27.5. The van der Waals surface area contributed by atoms with E-state index in [-0.39, 0.29) is 23.0 Å². The molecule has 2 aromatic carbocycles. The van der Waals surface area contributed by atoms with Crippen LogP contribution >= 0.6 is 11.8 Å². The molecular formula is C23H24N6O2S. The van der Waals surface area contributed by atoms with Gasteiger partial charge in [-0.2, -0.15) is 9.61 Å². The molecule has 0 bridgehead atoms. The number of carbonyl (C=O) groups excluding carboxylic acids is 1. The van der Waals surface area contributed by atoms with E-state index in [1.54, 1.807) is 0 Å². The molecule has 0 saturated carbocycles. The molecule has 9 heteroatoms. The van der Waals surface area contributed by atoms with Crippen molar-refractivity contribution in [3.05, 3.63) is 81.3 Å². The van der Waals surface area contributed by atoms with Gasteiger partial charge in [-0.1, -0.05) is 67.6 Å². The molecule has 0 saturated heterocycles. The van der Waals surface area contributed by atoms with Crippen molar-refractivity contribution in [2.75, 3.05) is 11.1 Å². The van der Waals surface area contributed by atoms with Crippen LogP contribution in [0.5, 0.6) is 0 Å². The Hall–Kier alpha value is -3.46. The van der Waals surface area contributed by atoms with Crippen molar-refractivity contribution >= 4 is 29.1 Å². The zero-order valence-corrected chi connectivity index (χ0v) is 18.9. The standard InChI is InChI=1S/C23H24N6O2S/c1-14(2)17-8-10-18(11-9-17)24-20(30)13-32-23-27-26-22-25-21(31)19(28-29(22)23)12-16-6-4-15(3)5-7-16/h4-11,14H,12-13H2,1-3H3,(H,24,30)(H,25,26,31). The SMILES string of the molecule is Cc1ccc(Cc2nn3c(SCC(=O)Nc4ccc(C(C)C)cc4)nnc3[nH]c2=O)cc1. The maximum absolute atomic E-state index is 12.4. The average molecular weight is 449 g/mol. The number of amides is 1. The van der Waals surface area contributed by atoms with Crippen LogP contribution in [0.15, 0.2) is 58.5 Å². The second-order valence-corrected chi connectivity index (χ2v) is 8.84. The third-order valence-electron chi connectivity index (χ3n) is 5.01. The molecule has 0 aliphatic rings. The fourth-order valence-electron chi connectivity index (χ4n) is 3.16. The lowest BCUT2D eigenvalue weighted by Crippen LogP contribution is -2.19. The van der Waals surface area contributed by atoms with Crippen LogP contribution in [0, 0.1) is 6.92 Å². The van der Waals surface area contributed by atoms with Crippen LogP contribution in [0.2, 0.25) is 0 Å². The number of aryl methyl sites for hydroxylation is 1. The van der Waals surface area contributed by atoms with Gasteiger partial charge in [0.05, 0.1) is 5.75 Å². The molecule has 0 aliphatic heterocycles. The highest BCUT2D eigenvalue weighted by atomic mass is 32.2. The second-order valence-electron chi connectivity index (χ2n) is 7.89. The lowest BCUT2D eigenvalue weighted by Gasteiger charge is -2.08. The summed E-state index contributed by atoms with van der Waals surface area (Å²) in [6.07, 6.45) is 0.390. The summed E-state index contributed by atoms with van der Waals surface area (Å²) in [7, 11) is 0. The van der Waals surface area contributed by atoms with Crippen LogP contribution in [0.1, 0.15) is 42.1 Å². The molecule has 2 aromatic heterocycles. The molecule has 164 valence electrons. The Bertz CT molecular complexity index is 1290. The number of hydrogen-bond acceptors (Lipinski definition) is 6. The van der Waals surface area contributed by atoms with Crippen LogP contribution in [0.4, 0.5) is 5.69 Å². The van der Waals surface area contributed by atoms with Gasteiger partial charge in [0.1, 0.15) is 5.69 Å². The molecule has 0 atom stereocenters. The van der Waals surface area contributed by atoms with Gasteiger partial charge in [-0.05, 0) is 36.1 Å². The molecule has 32 heavy (non-hydrogen) atoms. The van der Waals surface area contributed by atoms with Gasteiger partial charge in [0, 0.05) is 12.1 Å². The maximum Gasteiger partial charge on any atom is 0.274 e. The first-order valence-corrected chi connectivity index (χ1v) is 11.3. The van der Waals surface area contributed by atoms with E-state index >= 15 is 0 Å². The fraction of sp³-hybridized carbons (Fsp3) is 0.261. The van der Waals surface area contributed by atoms with E-state index in [0.717, 1.165) is 16.8 Å². The van der Waals surface area contributed by atoms with Crippen molar-refractivity contribution in [2.24, 2.45) is 0 Å². The zero-order chi connectivity index (χ0) is 22.7. The topological polar surface area (TPSA) is 105 Å². The third kappa shape index (κ3) is 5.05. The minimum Gasteiger partial charge on any atom is -0.325 e. The van der Waals surface area contributed by atoms with Crippen molar-refractivity contribution in [2.45, 2.75) is 38.3 Å². The fourth-order valence-corrected chi connectivity index (χ4v) is 3.84. The van der Waals surface area contributed by atoms with Gasteiger partial charge in [-0.25, -0.2) is 0 Å². The summed E-state index contributed by atoms with van der Waals surface area (Å²) >= 11 is 1.21. The summed E-state index contributed by atoms with van der Waals surface area (Å²) < 4.78 is 1.47. The van der Waals surface area contributed by atoms with Crippen LogP contribution in [-0.2, 0) is 11.2 Å². The summed E-state index contributed by atoms with van der Waals surface area (Å²) in [5.74, 6) is 0.662. The number of H-pyrrole nitrogens is 1. The molecule has 2 N–H and O–H groups in total. The number of aromatic amines is 1. The maximum atomic E-state index is 12.4. The molecule has 0 aliphatic carbocycles. The van der Waals surface area contributed by atoms with Crippen molar-refractivity contribution in [1.29, 1.82) is 0 Å². The minimum atomic E-state index is -0.301. The highest BCUT2D eigenvalue weighted by Crippen LogP contribution is 2.19. The Morgan fingerprint density at radius 2 is 1.81 bits per heavy atom. The number of nitrogens with zero attached hydrogens (tertiary/aromatic N) is 4. The molecule has 0 spiro atoms. The minimum absolute atomic E-state index is 0.140. The van der Waals surface area contributed by atoms with Gasteiger partial charge in [0.15, 0.2) is 0 Å². The highest BCUT2D eigenvalue weighted by molar-refractivity contribution is 7.99. The number of fused-ring (bicyclic) bond motifs is 1. The lowest BCUT2D eigenvalue weighted by molar-refractivity contribution is -0.113. The first kappa shape index (κ1) is 21.8. The van der Waals surface area contributed by atoms with Gasteiger partial charge in [-0.3, -0.25) is 14.6 Å². The molecule has 4 rings (SSSR count). The van der Waals surface area contributed by atoms with Gasteiger partial charge >= 0.3 is 0 Å². The van der Waals surface area contributed by atoms with E-state index in [0.29, 0.717) is 23.2 Å². The summed E-state index contributed by atoms with van der Waals surface area (Å²) in [6.45, 7) is 6.26. The number of aromatic nitrogens is 5. The first-order chi connectivity index (χ1) is 15.4. The van der Waals surface area contributed by atoms with Gasteiger partial charge in [0.25, 0.3) is 11.3 Å². The van der Waals surface area contributed by atoms with Crippen LogP contribution < -0.4 is 10.9 Å². The van der Waals surface area contributed by atoms with Crippen molar-refractivity contribution in [1.82, 2.24) is 24.8 Å². The number of rotatable bonds is 7. The zero-order valence-electron chi connectivity index (χ0n) is 18.1. The van der Waals surface area contributed by atoms with E-state index in [2.05, 4.69) is 39.4 Å². The Labute approximate surface area is 189 Å². The highest BCUT2D eigenvalue weighted by Gasteiger charge is 2.14. The number of carbonyl (C=O) groups is 1. The van der Waals surface area contributed by atoms with Crippen molar-refractivity contribution in [3.63, 3.8) is 0 Å². The predicted molar refractivity (Wildman–Crippen MR) is 125 cm³/mol. The van der Waals surface area contributed by atoms with E-state index in [1.807, 2.05) is 55.5 Å². The van der Waals surface area contributed by atoms with E-state index in [1.165, 1.54) is 21.8 Å². The van der Waals surface area contributed by atoms with Crippen LogP contribution in [0.25, 0.3) is 5.78 Å². The average Bonchev–Trinajstić information content (AvgIpc) is 3.16. The van der Waals surface area contributed by atoms with Crippen molar-refractivity contribution in [3.8, 4) is 0 Å². The Morgan fingerprint density at radius 3 is 2.50 bits per heavy atom. The predicted octanol–water partition coefficient (Wildman–Crippen LogP) is 3.57. The van der Waals surface area contributed by atoms with Crippen molar-refractivity contribution < 1.29 is 4.79 Å². The van der Waals surface area contributed by atoms with Gasteiger partial charge < -0.3 is 5.32 Å². The molecular weight excluding hydrogens is 424 g/mol. The normalized spacial score (nSPS) is 11.2. The molecule has 2 heterocycles. The Balaban J connectivity index is 1.45. The number of thioether (sulfide) groups is 1. The lowest BCUT2D eigenvalue weighted by atomic mass is 10.0. The number of hydrogen-bond donors (Lipinski definition) is 2.